The largest absolute Gasteiger partial charge is 0.490 e. The third-order valence-corrected chi connectivity index (χ3v) is 5.03. The number of piperidine rings is 1. The van der Waals surface area contributed by atoms with Crippen molar-refractivity contribution < 1.29 is 19.1 Å². The molecule has 2 aliphatic heterocycles. The van der Waals surface area contributed by atoms with Crippen LogP contribution in [0.5, 0.6) is 11.5 Å². The molecule has 2 saturated heterocycles. The second-order valence-corrected chi connectivity index (χ2v) is 6.65. The van der Waals surface area contributed by atoms with Crippen LogP contribution in [-0.4, -0.2) is 48.6 Å². The molecule has 1 spiro atoms. The maximum atomic E-state index is 12.8. The van der Waals surface area contributed by atoms with Crippen LogP contribution in [0.2, 0.25) is 0 Å². The highest BCUT2D eigenvalue weighted by atomic mass is 16.5. The van der Waals surface area contributed by atoms with Gasteiger partial charge in [0.25, 0.3) is 5.91 Å². The van der Waals surface area contributed by atoms with Gasteiger partial charge in [0.05, 0.1) is 13.2 Å². The van der Waals surface area contributed by atoms with Crippen molar-refractivity contribution in [1.29, 1.82) is 0 Å². The first-order chi connectivity index (χ1) is 12.1. The Morgan fingerprint density at radius 1 is 1.12 bits per heavy atom. The minimum absolute atomic E-state index is 0.00294. The average molecular weight is 346 g/mol. The molecule has 2 heterocycles. The minimum atomic E-state index is -0.0941. The lowest BCUT2D eigenvalue weighted by molar-refractivity contribution is -0.120. The fourth-order valence-corrected chi connectivity index (χ4v) is 3.65. The molecule has 2 fully saturated rings. The van der Waals surface area contributed by atoms with Crippen LogP contribution in [0.15, 0.2) is 18.2 Å². The van der Waals surface area contributed by atoms with Crippen molar-refractivity contribution in [2.24, 2.45) is 0 Å². The third-order valence-electron chi connectivity index (χ3n) is 5.03. The molecule has 136 valence electrons. The van der Waals surface area contributed by atoms with Gasteiger partial charge < -0.3 is 19.7 Å². The first-order valence-corrected chi connectivity index (χ1v) is 9.07. The SMILES string of the molecule is CCOc1ccc(C(=O)N2CCC3(CCC(=O)N3)CC2)cc1OCC. The Morgan fingerprint density at radius 2 is 1.80 bits per heavy atom. The number of hydrogen-bond acceptors (Lipinski definition) is 4. The van der Waals surface area contributed by atoms with E-state index in [-0.39, 0.29) is 17.4 Å². The first kappa shape index (κ1) is 17.6. The van der Waals surface area contributed by atoms with Gasteiger partial charge in [-0.05, 0) is 51.3 Å². The number of hydrogen-bond donors (Lipinski definition) is 1. The van der Waals surface area contributed by atoms with Gasteiger partial charge in [0.1, 0.15) is 0 Å². The van der Waals surface area contributed by atoms with Crippen molar-refractivity contribution in [2.45, 2.75) is 45.1 Å². The first-order valence-electron chi connectivity index (χ1n) is 9.07. The van der Waals surface area contributed by atoms with Crippen molar-refractivity contribution in [3.8, 4) is 11.5 Å². The maximum absolute atomic E-state index is 12.8. The summed E-state index contributed by atoms with van der Waals surface area (Å²) >= 11 is 0. The predicted molar refractivity (Wildman–Crippen MR) is 94.0 cm³/mol. The van der Waals surface area contributed by atoms with Crippen LogP contribution in [-0.2, 0) is 4.79 Å². The quantitative estimate of drug-likeness (QED) is 0.889. The van der Waals surface area contributed by atoms with Gasteiger partial charge in [-0.15, -0.1) is 0 Å². The van der Waals surface area contributed by atoms with E-state index >= 15 is 0 Å². The van der Waals surface area contributed by atoms with Gasteiger partial charge in [0.15, 0.2) is 11.5 Å². The molecule has 3 rings (SSSR count). The van der Waals surface area contributed by atoms with Crippen molar-refractivity contribution in [2.75, 3.05) is 26.3 Å². The Bertz CT molecular complexity index is 651. The highest BCUT2D eigenvalue weighted by molar-refractivity contribution is 5.95. The lowest BCUT2D eigenvalue weighted by Gasteiger charge is -2.39. The molecule has 25 heavy (non-hydrogen) atoms. The zero-order chi connectivity index (χ0) is 17.9. The molecule has 1 N–H and O–H groups in total. The summed E-state index contributed by atoms with van der Waals surface area (Å²) in [7, 11) is 0. The number of carbonyl (C=O) groups is 2. The van der Waals surface area contributed by atoms with Gasteiger partial charge in [0.2, 0.25) is 5.91 Å². The number of nitrogens with one attached hydrogen (secondary N) is 1. The van der Waals surface area contributed by atoms with Gasteiger partial charge in [-0.1, -0.05) is 0 Å². The number of carbonyl (C=O) groups excluding carboxylic acids is 2. The molecule has 2 amide bonds. The molecule has 2 aliphatic rings. The van der Waals surface area contributed by atoms with E-state index in [1.807, 2.05) is 18.7 Å². The molecule has 0 radical (unpaired) electrons. The summed E-state index contributed by atoms with van der Waals surface area (Å²) in [6.07, 6.45) is 3.12. The topological polar surface area (TPSA) is 67.9 Å². The molecular formula is C19H26N2O4. The highest BCUT2D eigenvalue weighted by Crippen LogP contribution is 2.33. The second kappa shape index (κ2) is 7.33. The molecule has 0 unspecified atom stereocenters. The number of likely N-dealkylation sites (tertiary alicyclic amines) is 1. The van der Waals surface area contributed by atoms with Crippen LogP contribution < -0.4 is 14.8 Å². The van der Waals surface area contributed by atoms with Gasteiger partial charge in [-0.3, -0.25) is 9.59 Å². The Labute approximate surface area is 148 Å². The van der Waals surface area contributed by atoms with Crippen molar-refractivity contribution in [3.63, 3.8) is 0 Å². The van der Waals surface area contributed by atoms with Crippen LogP contribution in [0, 0.1) is 0 Å². The van der Waals surface area contributed by atoms with Gasteiger partial charge in [-0.2, -0.15) is 0 Å². The average Bonchev–Trinajstić information content (AvgIpc) is 2.97. The fraction of sp³-hybridized carbons (Fsp3) is 0.579. The van der Waals surface area contributed by atoms with Crippen LogP contribution in [0.3, 0.4) is 0 Å². The van der Waals surface area contributed by atoms with Crippen molar-refractivity contribution in [3.05, 3.63) is 23.8 Å². The zero-order valence-electron chi connectivity index (χ0n) is 15.0. The molecule has 0 atom stereocenters. The summed E-state index contributed by atoms with van der Waals surface area (Å²) < 4.78 is 11.2. The minimum Gasteiger partial charge on any atom is -0.490 e. The molecule has 1 aromatic rings. The van der Waals surface area contributed by atoms with Crippen molar-refractivity contribution in [1.82, 2.24) is 10.2 Å². The number of amides is 2. The standard InChI is InChI=1S/C19H26N2O4/c1-3-24-15-6-5-14(13-16(15)25-4-2)18(23)21-11-9-19(10-12-21)8-7-17(22)20-19/h5-6,13H,3-4,7-12H2,1-2H3,(H,20,22). The molecule has 6 nitrogen and oxygen atoms in total. The van der Waals surface area contributed by atoms with E-state index in [1.54, 1.807) is 18.2 Å². The Morgan fingerprint density at radius 3 is 2.40 bits per heavy atom. The smallest absolute Gasteiger partial charge is 0.253 e. The molecule has 1 aromatic carbocycles. The number of ether oxygens (including phenoxy) is 2. The van der Waals surface area contributed by atoms with E-state index in [4.69, 9.17) is 9.47 Å². The van der Waals surface area contributed by atoms with E-state index in [0.717, 1.165) is 19.3 Å². The van der Waals surface area contributed by atoms with Crippen LogP contribution in [0.4, 0.5) is 0 Å². The summed E-state index contributed by atoms with van der Waals surface area (Å²) in [5, 5.41) is 3.10. The molecular weight excluding hydrogens is 320 g/mol. The van der Waals surface area contributed by atoms with E-state index in [1.165, 1.54) is 0 Å². The monoisotopic (exact) mass is 346 g/mol. The number of rotatable bonds is 5. The summed E-state index contributed by atoms with van der Waals surface area (Å²) in [5.74, 6) is 1.40. The molecule has 0 saturated carbocycles. The summed E-state index contributed by atoms with van der Waals surface area (Å²) in [4.78, 5) is 26.2. The fourth-order valence-electron chi connectivity index (χ4n) is 3.65. The molecule has 0 bridgehead atoms. The lowest BCUT2D eigenvalue weighted by Crippen LogP contribution is -2.52. The van der Waals surface area contributed by atoms with E-state index in [0.29, 0.717) is 49.8 Å². The number of nitrogens with zero attached hydrogens (tertiary/aromatic N) is 1. The number of benzene rings is 1. The normalized spacial score (nSPS) is 19.0. The van der Waals surface area contributed by atoms with E-state index < -0.39 is 0 Å². The van der Waals surface area contributed by atoms with E-state index in [9.17, 15) is 9.59 Å². The van der Waals surface area contributed by atoms with Crippen LogP contribution >= 0.6 is 0 Å². The molecule has 0 aliphatic carbocycles. The third kappa shape index (κ3) is 3.72. The van der Waals surface area contributed by atoms with Gasteiger partial charge in [-0.25, -0.2) is 0 Å². The molecule has 6 heteroatoms. The highest BCUT2D eigenvalue weighted by Gasteiger charge is 2.41. The maximum Gasteiger partial charge on any atom is 0.253 e. The molecule has 0 aromatic heterocycles. The Kier molecular flexibility index (Phi) is 5.16. The van der Waals surface area contributed by atoms with Crippen LogP contribution in [0.25, 0.3) is 0 Å². The second-order valence-electron chi connectivity index (χ2n) is 6.65. The predicted octanol–water partition coefficient (Wildman–Crippen LogP) is 2.37. The van der Waals surface area contributed by atoms with Gasteiger partial charge >= 0.3 is 0 Å². The van der Waals surface area contributed by atoms with E-state index in [2.05, 4.69) is 5.32 Å². The van der Waals surface area contributed by atoms with Crippen molar-refractivity contribution >= 4 is 11.8 Å². The zero-order valence-corrected chi connectivity index (χ0v) is 15.0. The summed E-state index contributed by atoms with van der Waals surface area (Å²) in [5.41, 5.74) is 0.515. The Hall–Kier alpha value is -2.24. The van der Waals surface area contributed by atoms with Crippen LogP contribution in [0.1, 0.15) is 49.9 Å². The summed E-state index contributed by atoms with van der Waals surface area (Å²) in [6, 6.07) is 5.35. The summed E-state index contributed by atoms with van der Waals surface area (Å²) in [6.45, 7) is 6.22. The Balaban J connectivity index is 1.69. The van der Waals surface area contributed by atoms with Gasteiger partial charge in [0, 0.05) is 30.6 Å². The lowest BCUT2D eigenvalue weighted by atomic mass is 9.86.